The SMILES string of the molecule is CC(C)C(NC(=O)/C=C/c1cc(Cl)c2c(c1)OCCO2)c1nc2ccccc2[nH]1. The molecule has 1 unspecified atom stereocenters. The average molecular weight is 412 g/mol. The maximum atomic E-state index is 12.6. The standard InChI is InChI=1S/C22H22ClN3O3/c1-13(2)20(22-24-16-5-3-4-6-17(16)25-22)26-19(27)8-7-14-11-15(23)21-18(12-14)28-9-10-29-21/h3-8,11-13,20H,9-10H2,1-2H3,(H,24,25)(H,26,27)/b8-7+. The Morgan fingerprint density at radius 3 is 2.83 bits per heavy atom. The van der Waals surface area contributed by atoms with E-state index in [9.17, 15) is 4.79 Å². The van der Waals surface area contributed by atoms with Gasteiger partial charge in [-0.05, 0) is 41.8 Å². The lowest BCUT2D eigenvalue weighted by atomic mass is 10.0. The van der Waals surface area contributed by atoms with Crippen LogP contribution in [0, 0.1) is 5.92 Å². The predicted octanol–water partition coefficient (Wildman–Crippen LogP) is 4.51. The quantitative estimate of drug-likeness (QED) is 0.605. The van der Waals surface area contributed by atoms with E-state index in [1.54, 1.807) is 12.1 Å². The Bertz CT molecular complexity index is 1040. The van der Waals surface area contributed by atoms with Crippen LogP contribution < -0.4 is 14.8 Å². The number of nitrogens with zero attached hydrogens (tertiary/aromatic N) is 1. The van der Waals surface area contributed by atoms with Gasteiger partial charge in [0.1, 0.15) is 19.0 Å². The van der Waals surface area contributed by atoms with Crippen LogP contribution in [0.5, 0.6) is 11.5 Å². The van der Waals surface area contributed by atoms with E-state index >= 15 is 0 Å². The number of aromatic nitrogens is 2. The Hall–Kier alpha value is -2.99. The largest absolute Gasteiger partial charge is 0.486 e. The van der Waals surface area contributed by atoms with E-state index in [-0.39, 0.29) is 17.9 Å². The number of para-hydroxylation sites is 2. The molecule has 2 aromatic carbocycles. The fourth-order valence-corrected chi connectivity index (χ4v) is 3.54. The minimum absolute atomic E-state index is 0.164. The van der Waals surface area contributed by atoms with Crippen molar-refractivity contribution in [2.24, 2.45) is 5.92 Å². The summed E-state index contributed by atoms with van der Waals surface area (Å²) in [6.45, 7) is 5.04. The van der Waals surface area contributed by atoms with Crippen LogP contribution in [0.15, 0.2) is 42.5 Å². The Labute approximate surface area is 173 Å². The van der Waals surface area contributed by atoms with E-state index in [0.717, 1.165) is 22.4 Å². The highest BCUT2D eigenvalue weighted by Gasteiger charge is 2.21. The zero-order valence-electron chi connectivity index (χ0n) is 16.2. The fourth-order valence-electron chi connectivity index (χ4n) is 3.27. The monoisotopic (exact) mass is 411 g/mol. The number of halogens is 1. The molecule has 3 aromatic rings. The summed E-state index contributed by atoms with van der Waals surface area (Å²) in [5.41, 5.74) is 2.59. The van der Waals surface area contributed by atoms with Gasteiger partial charge in [-0.3, -0.25) is 4.79 Å². The number of H-pyrrole nitrogens is 1. The zero-order valence-corrected chi connectivity index (χ0v) is 17.0. The minimum atomic E-state index is -0.233. The zero-order chi connectivity index (χ0) is 20.4. The van der Waals surface area contributed by atoms with E-state index in [4.69, 9.17) is 21.1 Å². The van der Waals surface area contributed by atoms with Gasteiger partial charge in [0.2, 0.25) is 5.91 Å². The van der Waals surface area contributed by atoms with Crippen LogP contribution in [-0.4, -0.2) is 29.1 Å². The number of amides is 1. The lowest BCUT2D eigenvalue weighted by molar-refractivity contribution is -0.117. The van der Waals surface area contributed by atoms with Crippen molar-refractivity contribution in [2.45, 2.75) is 19.9 Å². The third-order valence-corrected chi connectivity index (χ3v) is 4.99. The second-order valence-electron chi connectivity index (χ2n) is 7.23. The van der Waals surface area contributed by atoms with E-state index < -0.39 is 0 Å². The van der Waals surface area contributed by atoms with Gasteiger partial charge >= 0.3 is 0 Å². The Morgan fingerprint density at radius 1 is 1.24 bits per heavy atom. The summed E-state index contributed by atoms with van der Waals surface area (Å²) in [5.74, 6) is 1.83. The molecule has 6 nitrogen and oxygen atoms in total. The number of imidazole rings is 1. The molecule has 1 aliphatic rings. The van der Waals surface area contributed by atoms with Crippen LogP contribution >= 0.6 is 11.6 Å². The first-order valence-electron chi connectivity index (χ1n) is 9.53. The highest BCUT2D eigenvalue weighted by Crippen LogP contribution is 2.38. The van der Waals surface area contributed by atoms with Crippen molar-refractivity contribution in [1.82, 2.24) is 15.3 Å². The van der Waals surface area contributed by atoms with E-state index in [1.165, 1.54) is 6.08 Å². The predicted molar refractivity (Wildman–Crippen MR) is 113 cm³/mol. The molecule has 150 valence electrons. The van der Waals surface area contributed by atoms with Gasteiger partial charge in [0, 0.05) is 6.08 Å². The first-order valence-corrected chi connectivity index (χ1v) is 9.91. The van der Waals surface area contributed by atoms with Gasteiger partial charge in [-0.15, -0.1) is 0 Å². The van der Waals surface area contributed by atoms with Gasteiger partial charge in [-0.1, -0.05) is 37.6 Å². The molecule has 2 heterocycles. The van der Waals surface area contributed by atoms with Crippen molar-refractivity contribution in [3.8, 4) is 11.5 Å². The van der Waals surface area contributed by atoms with Crippen molar-refractivity contribution in [3.05, 3.63) is 58.9 Å². The summed E-state index contributed by atoms with van der Waals surface area (Å²) in [6.07, 6.45) is 3.19. The van der Waals surface area contributed by atoms with Crippen LogP contribution in [0.4, 0.5) is 0 Å². The van der Waals surface area contributed by atoms with Crippen LogP contribution in [0.3, 0.4) is 0 Å². The van der Waals surface area contributed by atoms with Crippen LogP contribution in [0.2, 0.25) is 5.02 Å². The number of hydrogen-bond acceptors (Lipinski definition) is 4. The van der Waals surface area contributed by atoms with Crippen LogP contribution in [-0.2, 0) is 4.79 Å². The first kappa shape index (κ1) is 19.3. The van der Waals surface area contributed by atoms with Gasteiger partial charge in [-0.2, -0.15) is 0 Å². The van der Waals surface area contributed by atoms with Crippen molar-refractivity contribution in [2.75, 3.05) is 13.2 Å². The highest BCUT2D eigenvalue weighted by atomic mass is 35.5. The lowest BCUT2D eigenvalue weighted by Gasteiger charge is -2.20. The second-order valence-corrected chi connectivity index (χ2v) is 7.64. The van der Waals surface area contributed by atoms with Crippen molar-refractivity contribution in [3.63, 3.8) is 0 Å². The topological polar surface area (TPSA) is 76.2 Å². The number of nitrogens with one attached hydrogen (secondary N) is 2. The molecule has 0 fully saturated rings. The molecule has 7 heteroatoms. The second kappa shape index (κ2) is 8.17. The number of aromatic amines is 1. The Balaban J connectivity index is 1.50. The van der Waals surface area contributed by atoms with Crippen molar-refractivity contribution in [1.29, 1.82) is 0 Å². The molecule has 0 saturated heterocycles. The van der Waals surface area contributed by atoms with Crippen molar-refractivity contribution >= 4 is 34.6 Å². The molecular formula is C22H22ClN3O3. The van der Waals surface area contributed by atoms with E-state index in [2.05, 4.69) is 15.3 Å². The summed E-state index contributed by atoms with van der Waals surface area (Å²) in [4.78, 5) is 20.5. The molecule has 0 radical (unpaired) electrons. The summed E-state index contributed by atoms with van der Waals surface area (Å²) in [5, 5.41) is 3.50. The lowest BCUT2D eigenvalue weighted by Crippen LogP contribution is -2.31. The summed E-state index contributed by atoms with van der Waals surface area (Å²) in [7, 11) is 0. The number of benzene rings is 2. The molecular weight excluding hydrogens is 390 g/mol. The minimum Gasteiger partial charge on any atom is -0.486 e. The van der Waals surface area contributed by atoms with Crippen LogP contribution in [0.1, 0.15) is 31.3 Å². The van der Waals surface area contributed by atoms with Gasteiger partial charge in [0.15, 0.2) is 11.5 Å². The van der Waals surface area contributed by atoms with Gasteiger partial charge < -0.3 is 19.8 Å². The van der Waals surface area contributed by atoms with Crippen LogP contribution in [0.25, 0.3) is 17.1 Å². The number of ether oxygens (including phenoxy) is 2. The maximum Gasteiger partial charge on any atom is 0.244 e. The normalized spacial score (nSPS) is 14.5. The number of carbonyl (C=O) groups is 1. The highest BCUT2D eigenvalue weighted by molar-refractivity contribution is 6.32. The summed E-state index contributed by atoms with van der Waals surface area (Å²) < 4.78 is 11.1. The number of fused-ring (bicyclic) bond motifs is 2. The number of rotatable bonds is 5. The molecule has 0 saturated carbocycles. The Morgan fingerprint density at radius 2 is 2.03 bits per heavy atom. The fraction of sp³-hybridized carbons (Fsp3) is 0.273. The number of hydrogen-bond donors (Lipinski definition) is 2. The third-order valence-electron chi connectivity index (χ3n) is 4.71. The summed E-state index contributed by atoms with van der Waals surface area (Å²) in [6, 6.07) is 11.1. The average Bonchev–Trinajstić information content (AvgIpc) is 3.14. The molecule has 1 amide bonds. The molecule has 1 atom stereocenters. The molecule has 1 aromatic heterocycles. The first-order chi connectivity index (χ1) is 14.0. The smallest absolute Gasteiger partial charge is 0.244 e. The summed E-state index contributed by atoms with van der Waals surface area (Å²) >= 11 is 6.26. The van der Waals surface area contributed by atoms with Gasteiger partial charge in [0.05, 0.1) is 22.1 Å². The van der Waals surface area contributed by atoms with Gasteiger partial charge in [0.25, 0.3) is 0 Å². The number of carbonyl (C=O) groups excluding carboxylic acids is 1. The third kappa shape index (κ3) is 4.22. The molecule has 2 N–H and O–H groups in total. The Kier molecular flexibility index (Phi) is 5.45. The molecule has 0 spiro atoms. The van der Waals surface area contributed by atoms with E-state index in [1.807, 2.05) is 44.2 Å². The molecule has 1 aliphatic heterocycles. The van der Waals surface area contributed by atoms with Gasteiger partial charge in [-0.25, -0.2) is 4.98 Å². The molecule has 29 heavy (non-hydrogen) atoms. The molecule has 4 rings (SSSR count). The van der Waals surface area contributed by atoms with Crippen molar-refractivity contribution < 1.29 is 14.3 Å². The van der Waals surface area contributed by atoms with E-state index in [0.29, 0.717) is 29.7 Å². The molecule has 0 bridgehead atoms. The molecule has 0 aliphatic carbocycles. The maximum absolute atomic E-state index is 12.6.